The number of fused-ring (bicyclic) bond motifs is 1. The molecule has 0 aromatic heterocycles. The summed E-state index contributed by atoms with van der Waals surface area (Å²) >= 11 is 0. The zero-order valence-corrected chi connectivity index (χ0v) is 18.6. The standard InChI is InChI=1S/C29H25NO3/c1-20(31)29(21(2)32)27(26-19-11-15-22-12-9-10-18-25(22)26)30(24-16-7-4-8-17-24)28(33-29)23-13-5-3-6-14-23/h3-19,27-28H,1-2H3/t27-,28+/m0/s1. The van der Waals surface area contributed by atoms with Gasteiger partial charge in [-0.1, -0.05) is 91.0 Å². The summed E-state index contributed by atoms with van der Waals surface area (Å²) in [5, 5.41) is 2.04. The Morgan fingerprint density at radius 1 is 0.727 bits per heavy atom. The number of anilines is 1. The molecule has 4 aromatic rings. The second-order valence-corrected chi connectivity index (χ2v) is 8.44. The van der Waals surface area contributed by atoms with E-state index in [-0.39, 0.29) is 11.6 Å². The van der Waals surface area contributed by atoms with Gasteiger partial charge in [0.1, 0.15) is 6.04 Å². The van der Waals surface area contributed by atoms with Crippen molar-refractivity contribution in [1.82, 2.24) is 0 Å². The van der Waals surface area contributed by atoms with Gasteiger partial charge in [0.15, 0.2) is 17.8 Å². The molecule has 1 aliphatic heterocycles. The number of Topliss-reactive ketones (excluding diaryl/α,β-unsaturated/α-hetero) is 2. The Labute approximate surface area is 193 Å². The van der Waals surface area contributed by atoms with Gasteiger partial charge < -0.3 is 9.64 Å². The number of hydrogen-bond donors (Lipinski definition) is 0. The van der Waals surface area contributed by atoms with Gasteiger partial charge in [0.25, 0.3) is 0 Å². The van der Waals surface area contributed by atoms with Crippen molar-refractivity contribution in [2.24, 2.45) is 0 Å². The minimum Gasteiger partial charge on any atom is -0.331 e. The van der Waals surface area contributed by atoms with Crippen molar-refractivity contribution in [3.05, 3.63) is 114 Å². The summed E-state index contributed by atoms with van der Waals surface area (Å²) in [4.78, 5) is 28.7. The molecule has 0 radical (unpaired) electrons. The number of para-hydroxylation sites is 1. The fourth-order valence-electron chi connectivity index (χ4n) is 5.02. The number of hydrogen-bond acceptors (Lipinski definition) is 4. The molecule has 5 rings (SSSR count). The van der Waals surface area contributed by atoms with Crippen molar-refractivity contribution in [3.63, 3.8) is 0 Å². The summed E-state index contributed by atoms with van der Waals surface area (Å²) in [7, 11) is 0. The summed E-state index contributed by atoms with van der Waals surface area (Å²) in [5.74, 6) is -0.598. The molecule has 0 bridgehead atoms. The fraction of sp³-hybridized carbons (Fsp3) is 0.172. The Morgan fingerprint density at radius 2 is 1.30 bits per heavy atom. The number of ether oxygens (including phenoxy) is 1. The Morgan fingerprint density at radius 3 is 1.97 bits per heavy atom. The first-order valence-electron chi connectivity index (χ1n) is 11.1. The lowest BCUT2D eigenvalue weighted by Gasteiger charge is -2.35. The van der Waals surface area contributed by atoms with E-state index < -0.39 is 17.9 Å². The van der Waals surface area contributed by atoms with E-state index in [1.807, 2.05) is 103 Å². The first kappa shape index (κ1) is 21.1. The molecule has 1 heterocycles. The summed E-state index contributed by atoms with van der Waals surface area (Å²) < 4.78 is 6.57. The molecule has 4 aromatic carbocycles. The van der Waals surface area contributed by atoms with Gasteiger partial charge in [-0.25, -0.2) is 0 Å². The number of benzene rings is 4. The molecular formula is C29H25NO3. The molecular weight excluding hydrogens is 410 g/mol. The lowest BCUT2D eigenvalue weighted by atomic mass is 9.80. The number of rotatable bonds is 5. The predicted molar refractivity (Wildman–Crippen MR) is 130 cm³/mol. The fourth-order valence-corrected chi connectivity index (χ4v) is 5.02. The Hall–Kier alpha value is -3.76. The molecule has 164 valence electrons. The quantitative estimate of drug-likeness (QED) is 0.359. The van der Waals surface area contributed by atoms with Crippen molar-refractivity contribution < 1.29 is 14.3 Å². The molecule has 1 saturated heterocycles. The van der Waals surface area contributed by atoms with E-state index in [0.29, 0.717) is 0 Å². The molecule has 1 aliphatic rings. The van der Waals surface area contributed by atoms with E-state index in [4.69, 9.17) is 4.74 Å². The molecule has 0 saturated carbocycles. The third kappa shape index (κ3) is 3.35. The van der Waals surface area contributed by atoms with Crippen LogP contribution in [-0.4, -0.2) is 17.2 Å². The van der Waals surface area contributed by atoms with Gasteiger partial charge in [0.2, 0.25) is 5.60 Å². The summed E-state index contributed by atoms with van der Waals surface area (Å²) in [6.07, 6.45) is -0.606. The average molecular weight is 436 g/mol. The zero-order valence-electron chi connectivity index (χ0n) is 18.6. The van der Waals surface area contributed by atoms with E-state index in [1.54, 1.807) is 0 Å². The lowest BCUT2D eigenvalue weighted by Crippen LogP contribution is -2.50. The number of carbonyl (C=O) groups excluding carboxylic acids is 2. The maximum atomic E-state index is 13.3. The van der Waals surface area contributed by atoms with Gasteiger partial charge in [-0.3, -0.25) is 9.59 Å². The number of carbonyl (C=O) groups is 2. The number of nitrogens with zero attached hydrogens (tertiary/aromatic N) is 1. The summed E-state index contributed by atoms with van der Waals surface area (Å²) in [6.45, 7) is 2.91. The van der Waals surface area contributed by atoms with E-state index in [1.165, 1.54) is 13.8 Å². The van der Waals surface area contributed by atoms with Crippen molar-refractivity contribution in [1.29, 1.82) is 0 Å². The van der Waals surface area contributed by atoms with Crippen LogP contribution < -0.4 is 4.90 Å². The monoisotopic (exact) mass is 435 g/mol. The van der Waals surface area contributed by atoms with E-state index in [2.05, 4.69) is 4.90 Å². The first-order chi connectivity index (χ1) is 16.0. The highest BCUT2D eigenvalue weighted by atomic mass is 16.6. The Bertz CT molecular complexity index is 1300. The highest BCUT2D eigenvalue weighted by molar-refractivity contribution is 6.11. The summed E-state index contributed by atoms with van der Waals surface area (Å²) in [5.41, 5.74) is 1.02. The smallest absolute Gasteiger partial charge is 0.210 e. The Kier molecular flexibility index (Phi) is 5.31. The van der Waals surface area contributed by atoms with Gasteiger partial charge in [-0.05, 0) is 42.3 Å². The molecule has 0 N–H and O–H groups in total. The summed E-state index contributed by atoms with van der Waals surface area (Å²) in [6, 6.07) is 33.0. The van der Waals surface area contributed by atoms with Crippen LogP contribution in [0.25, 0.3) is 10.8 Å². The molecule has 33 heavy (non-hydrogen) atoms. The van der Waals surface area contributed by atoms with Gasteiger partial charge in [0.05, 0.1) is 0 Å². The maximum absolute atomic E-state index is 13.3. The van der Waals surface area contributed by atoms with Crippen LogP contribution in [0.1, 0.15) is 37.2 Å². The predicted octanol–water partition coefficient (Wildman–Crippen LogP) is 6.03. The average Bonchev–Trinajstić information content (AvgIpc) is 3.22. The zero-order chi connectivity index (χ0) is 23.0. The highest BCUT2D eigenvalue weighted by Crippen LogP contribution is 2.53. The normalized spacial score (nSPS) is 19.5. The molecule has 0 amide bonds. The molecule has 1 fully saturated rings. The third-order valence-corrected chi connectivity index (χ3v) is 6.52. The van der Waals surface area contributed by atoms with Gasteiger partial charge in [0, 0.05) is 11.3 Å². The van der Waals surface area contributed by atoms with Crippen LogP contribution in [0.4, 0.5) is 5.69 Å². The SMILES string of the molecule is CC(=O)C1(C(C)=O)O[C@H](c2ccccc2)N(c2ccccc2)[C@H]1c1cccc2ccccc12. The van der Waals surface area contributed by atoms with Crippen molar-refractivity contribution >= 4 is 28.0 Å². The van der Waals surface area contributed by atoms with E-state index in [0.717, 1.165) is 27.6 Å². The molecule has 0 spiro atoms. The van der Waals surface area contributed by atoms with Gasteiger partial charge >= 0.3 is 0 Å². The first-order valence-corrected chi connectivity index (χ1v) is 11.1. The molecule has 0 aliphatic carbocycles. The van der Waals surface area contributed by atoms with Crippen molar-refractivity contribution in [2.75, 3.05) is 4.90 Å². The van der Waals surface area contributed by atoms with Crippen LogP contribution in [-0.2, 0) is 14.3 Å². The minimum atomic E-state index is -1.64. The highest BCUT2D eigenvalue weighted by Gasteiger charge is 2.61. The third-order valence-electron chi connectivity index (χ3n) is 6.52. The molecule has 2 atom stereocenters. The van der Waals surface area contributed by atoms with Crippen LogP contribution in [0, 0.1) is 0 Å². The van der Waals surface area contributed by atoms with Crippen LogP contribution in [0.15, 0.2) is 103 Å². The lowest BCUT2D eigenvalue weighted by molar-refractivity contribution is -0.155. The van der Waals surface area contributed by atoms with Gasteiger partial charge in [-0.15, -0.1) is 0 Å². The van der Waals surface area contributed by atoms with Crippen LogP contribution >= 0.6 is 0 Å². The van der Waals surface area contributed by atoms with Crippen molar-refractivity contribution in [2.45, 2.75) is 31.7 Å². The van der Waals surface area contributed by atoms with Crippen LogP contribution in [0.5, 0.6) is 0 Å². The van der Waals surface area contributed by atoms with Crippen LogP contribution in [0.2, 0.25) is 0 Å². The minimum absolute atomic E-state index is 0.299. The number of ketones is 2. The molecule has 4 nitrogen and oxygen atoms in total. The second-order valence-electron chi connectivity index (χ2n) is 8.44. The van der Waals surface area contributed by atoms with Crippen LogP contribution in [0.3, 0.4) is 0 Å². The second kappa shape index (κ2) is 8.30. The molecule has 4 heteroatoms. The van der Waals surface area contributed by atoms with Gasteiger partial charge in [-0.2, -0.15) is 0 Å². The molecule has 0 unspecified atom stereocenters. The van der Waals surface area contributed by atoms with E-state index in [9.17, 15) is 9.59 Å². The van der Waals surface area contributed by atoms with E-state index >= 15 is 0 Å². The topological polar surface area (TPSA) is 46.6 Å². The Balaban J connectivity index is 1.84. The maximum Gasteiger partial charge on any atom is 0.210 e. The largest absolute Gasteiger partial charge is 0.331 e. The van der Waals surface area contributed by atoms with Crippen molar-refractivity contribution in [3.8, 4) is 0 Å².